The van der Waals surface area contributed by atoms with Crippen LogP contribution < -0.4 is 11.5 Å². The quantitative estimate of drug-likeness (QED) is 0.747. The molecule has 1 aromatic rings. The van der Waals surface area contributed by atoms with Crippen LogP contribution >= 0.6 is 15.9 Å². The normalized spacial score (nSPS) is 13.4. The zero-order valence-electron chi connectivity index (χ0n) is 6.07. The van der Waals surface area contributed by atoms with Gasteiger partial charge in [0.25, 0.3) is 0 Å². The van der Waals surface area contributed by atoms with Crippen LogP contribution in [-0.2, 0) is 6.54 Å². The molecule has 4 N–H and O–H groups in total. The van der Waals surface area contributed by atoms with Crippen molar-refractivity contribution in [1.29, 1.82) is 0 Å². The first-order chi connectivity index (χ1) is 5.22. The van der Waals surface area contributed by atoms with Crippen LogP contribution in [0.3, 0.4) is 0 Å². The lowest BCUT2D eigenvalue weighted by atomic mass is 10.3. The van der Waals surface area contributed by atoms with Crippen molar-refractivity contribution in [2.24, 2.45) is 11.5 Å². The Morgan fingerprint density at radius 3 is 2.91 bits per heavy atom. The molecule has 62 valence electrons. The predicted molar refractivity (Wildman–Crippen MR) is 47.0 cm³/mol. The van der Waals surface area contributed by atoms with E-state index in [1.165, 1.54) is 0 Å². The molecule has 0 aliphatic heterocycles. The lowest BCUT2D eigenvalue weighted by molar-refractivity contribution is 0.517. The molecule has 1 aromatic heterocycles. The third-order valence-electron chi connectivity index (χ3n) is 1.33. The van der Waals surface area contributed by atoms with Crippen molar-refractivity contribution < 1.29 is 0 Å². The minimum Gasteiger partial charge on any atom is -0.329 e. The van der Waals surface area contributed by atoms with Crippen molar-refractivity contribution in [1.82, 2.24) is 9.78 Å². The summed E-state index contributed by atoms with van der Waals surface area (Å²) in [6.07, 6.45) is 3.60. The maximum Gasteiger partial charge on any atom is 0.0632 e. The number of halogens is 1. The highest BCUT2D eigenvalue weighted by Crippen LogP contribution is 2.05. The van der Waals surface area contributed by atoms with Gasteiger partial charge in [-0.25, -0.2) is 0 Å². The molecule has 1 unspecified atom stereocenters. The Morgan fingerprint density at radius 2 is 2.45 bits per heavy atom. The summed E-state index contributed by atoms with van der Waals surface area (Å²) in [5, 5.41) is 4.04. The van der Waals surface area contributed by atoms with E-state index < -0.39 is 0 Å². The second kappa shape index (κ2) is 3.85. The van der Waals surface area contributed by atoms with Crippen LogP contribution in [0, 0.1) is 0 Å². The molecule has 0 aliphatic carbocycles. The molecule has 1 heterocycles. The molecular weight excluding hydrogens is 208 g/mol. The van der Waals surface area contributed by atoms with E-state index >= 15 is 0 Å². The Hall–Kier alpha value is -0.390. The molecule has 0 fully saturated rings. The maximum absolute atomic E-state index is 5.61. The summed E-state index contributed by atoms with van der Waals surface area (Å²) < 4.78 is 2.73. The summed E-state index contributed by atoms with van der Waals surface area (Å²) in [4.78, 5) is 0. The maximum atomic E-state index is 5.61. The molecular formula is C6H11BrN4. The monoisotopic (exact) mass is 218 g/mol. The number of nitrogens with zero attached hydrogens (tertiary/aromatic N) is 2. The summed E-state index contributed by atoms with van der Waals surface area (Å²) in [5.74, 6) is 0. The molecule has 0 aromatic carbocycles. The number of hydrogen-bond acceptors (Lipinski definition) is 3. The minimum absolute atomic E-state index is 0.0122. The Bertz CT molecular complexity index is 222. The van der Waals surface area contributed by atoms with Gasteiger partial charge in [0.2, 0.25) is 0 Å². The molecule has 0 spiro atoms. The Kier molecular flexibility index (Phi) is 3.04. The van der Waals surface area contributed by atoms with Gasteiger partial charge in [0.15, 0.2) is 0 Å². The van der Waals surface area contributed by atoms with Crippen molar-refractivity contribution in [3.63, 3.8) is 0 Å². The van der Waals surface area contributed by atoms with Gasteiger partial charge < -0.3 is 11.5 Å². The van der Waals surface area contributed by atoms with Crippen LogP contribution in [0.15, 0.2) is 16.9 Å². The fraction of sp³-hybridized carbons (Fsp3) is 0.500. The van der Waals surface area contributed by atoms with Crippen molar-refractivity contribution >= 4 is 15.9 Å². The Labute approximate surface area is 73.7 Å². The average molecular weight is 219 g/mol. The molecule has 5 heteroatoms. The van der Waals surface area contributed by atoms with Crippen molar-refractivity contribution in [3.05, 3.63) is 16.9 Å². The third kappa shape index (κ3) is 2.61. The lowest BCUT2D eigenvalue weighted by Gasteiger charge is -2.07. The van der Waals surface area contributed by atoms with E-state index in [1.54, 1.807) is 10.9 Å². The van der Waals surface area contributed by atoms with E-state index in [9.17, 15) is 0 Å². The van der Waals surface area contributed by atoms with E-state index in [4.69, 9.17) is 11.5 Å². The highest BCUT2D eigenvalue weighted by molar-refractivity contribution is 9.10. The van der Waals surface area contributed by atoms with E-state index in [-0.39, 0.29) is 6.04 Å². The summed E-state index contributed by atoms with van der Waals surface area (Å²) in [7, 11) is 0. The summed E-state index contributed by atoms with van der Waals surface area (Å²) >= 11 is 3.29. The molecule has 0 amide bonds. The first-order valence-electron chi connectivity index (χ1n) is 3.36. The van der Waals surface area contributed by atoms with Gasteiger partial charge in [-0.2, -0.15) is 5.10 Å². The van der Waals surface area contributed by atoms with Gasteiger partial charge in [0.1, 0.15) is 0 Å². The van der Waals surface area contributed by atoms with E-state index in [0.29, 0.717) is 13.1 Å². The highest BCUT2D eigenvalue weighted by Gasteiger charge is 2.01. The Morgan fingerprint density at radius 1 is 1.73 bits per heavy atom. The van der Waals surface area contributed by atoms with Gasteiger partial charge in [-0.05, 0) is 15.9 Å². The number of hydrogen-bond donors (Lipinski definition) is 2. The first-order valence-corrected chi connectivity index (χ1v) is 4.15. The minimum atomic E-state index is -0.0122. The summed E-state index contributed by atoms with van der Waals surface area (Å²) in [6, 6.07) is -0.0122. The van der Waals surface area contributed by atoms with Crippen LogP contribution in [0.5, 0.6) is 0 Å². The van der Waals surface area contributed by atoms with Gasteiger partial charge in [-0.3, -0.25) is 4.68 Å². The van der Waals surface area contributed by atoms with Crippen LogP contribution in [0.25, 0.3) is 0 Å². The van der Waals surface area contributed by atoms with Crippen LogP contribution in [0.1, 0.15) is 0 Å². The van der Waals surface area contributed by atoms with Crippen LogP contribution in [-0.4, -0.2) is 22.4 Å². The molecule has 0 saturated carbocycles. The number of nitrogens with two attached hydrogens (primary N) is 2. The molecule has 0 radical (unpaired) electrons. The Balaban J connectivity index is 2.50. The zero-order valence-corrected chi connectivity index (χ0v) is 7.66. The smallest absolute Gasteiger partial charge is 0.0632 e. The van der Waals surface area contributed by atoms with Crippen molar-refractivity contribution in [2.45, 2.75) is 12.6 Å². The standard InChI is InChI=1S/C6H11BrN4/c7-5-2-10-11(3-5)4-6(9)1-8/h2-3,6H,1,4,8-9H2. The highest BCUT2D eigenvalue weighted by atomic mass is 79.9. The van der Waals surface area contributed by atoms with Crippen molar-refractivity contribution in [3.8, 4) is 0 Å². The molecule has 0 saturated heterocycles. The molecule has 0 aliphatic rings. The van der Waals surface area contributed by atoms with Crippen molar-refractivity contribution in [2.75, 3.05) is 6.54 Å². The predicted octanol–water partition coefficient (Wildman–Crippen LogP) is -0.0684. The number of aromatic nitrogens is 2. The van der Waals surface area contributed by atoms with Gasteiger partial charge in [-0.15, -0.1) is 0 Å². The molecule has 11 heavy (non-hydrogen) atoms. The molecule has 0 bridgehead atoms. The summed E-state index contributed by atoms with van der Waals surface area (Å²) in [5.41, 5.74) is 11.0. The SMILES string of the molecule is NCC(N)Cn1cc(Br)cn1. The fourth-order valence-corrected chi connectivity index (χ4v) is 1.08. The average Bonchev–Trinajstić information content (AvgIpc) is 2.35. The third-order valence-corrected chi connectivity index (χ3v) is 1.74. The molecule has 1 rings (SSSR count). The summed E-state index contributed by atoms with van der Waals surface area (Å²) in [6.45, 7) is 1.15. The van der Waals surface area contributed by atoms with Crippen LogP contribution in [0.4, 0.5) is 0 Å². The second-order valence-electron chi connectivity index (χ2n) is 2.38. The molecule has 4 nitrogen and oxygen atoms in total. The lowest BCUT2D eigenvalue weighted by Crippen LogP contribution is -2.34. The zero-order chi connectivity index (χ0) is 8.27. The van der Waals surface area contributed by atoms with Gasteiger partial charge in [0.05, 0.1) is 17.2 Å². The second-order valence-corrected chi connectivity index (χ2v) is 3.29. The topological polar surface area (TPSA) is 69.9 Å². The van der Waals surface area contributed by atoms with E-state index in [0.717, 1.165) is 4.47 Å². The largest absolute Gasteiger partial charge is 0.329 e. The number of rotatable bonds is 3. The fourth-order valence-electron chi connectivity index (χ4n) is 0.753. The van der Waals surface area contributed by atoms with Gasteiger partial charge >= 0.3 is 0 Å². The van der Waals surface area contributed by atoms with Gasteiger partial charge in [-0.1, -0.05) is 0 Å². The first kappa shape index (κ1) is 8.70. The van der Waals surface area contributed by atoms with Crippen LogP contribution in [0.2, 0.25) is 0 Å². The van der Waals surface area contributed by atoms with E-state index in [1.807, 2.05) is 6.20 Å². The molecule has 1 atom stereocenters. The van der Waals surface area contributed by atoms with E-state index in [2.05, 4.69) is 21.0 Å². The van der Waals surface area contributed by atoms with Gasteiger partial charge in [0, 0.05) is 18.8 Å².